The molecule has 0 aliphatic heterocycles. The number of fused-ring (bicyclic) bond motifs is 1. The molecule has 0 unspecified atom stereocenters. The molecule has 0 saturated heterocycles. The van der Waals surface area contributed by atoms with Crippen LogP contribution < -0.4 is 0 Å². The third-order valence-corrected chi connectivity index (χ3v) is 5.62. The number of carbonyl (C=O) groups excluding carboxylic acids is 1. The lowest BCUT2D eigenvalue weighted by Gasteiger charge is -2.18. The van der Waals surface area contributed by atoms with Gasteiger partial charge in [0, 0.05) is 19.8 Å². The number of benzene rings is 1. The van der Waals surface area contributed by atoms with Crippen molar-refractivity contribution in [3.8, 4) is 0 Å². The molecule has 0 fully saturated rings. The molecule has 3 rings (SSSR count). The largest absolute Gasteiger partial charge is 0.417 e. The van der Waals surface area contributed by atoms with E-state index in [9.17, 15) is 18.0 Å². The smallest absolute Gasteiger partial charge is 0.341 e. The van der Waals surface area contributed by atoms with Crippen molar-refractivity contribution < 1.29 is 18.0 Å². The van der Waals surface area contributed by atoms with Gasteiger partial charge in [0.05, 0.1) is 16.3 Å². The molecular weight excluding hydrogens is 425 g/mol. The Bertz CT molecular complexity index is 1070. The molecule has 5 nitrogen and oxygen atoms in total. The van der Waals surface area contributed by atoms with Crippen LogP contribution in [-0.4, -0.2) is 38.2 Å². The minimum atomic E-state index is -4.55. The van der Waals surface area contributed by atoms with Gasteiger partial charge in [-0.2, -0.15) is 13.2 Å². The summed E-state index contributed by atoms with van der Waals surface area (Å²) in [4.78, 5) is 14.1. The lowest BCUT2D eigenvalue weighted by atomic mass is 10.1. The van der Waals surface area contributed by atoms with Crippen molar-refractivity contribution in [3.63, 3.8) is 0 Å². The Morgan fingerprint density at radius 1 is 1.24 bits per heavy atom. The molecule has 0 atom stereocenters. The Hall–Kier alpha value is -2.26. The van der Waals surface area contributed by atoms with Crippen LogP contribution >= 0.6 is 23.4 Å². The maximum atomic E-state index is 13.0. The molecule has 0 aliphatic rings. The highest BCUT2D eigenvalue weighted by Crippen LogP contribution is 2.33. The minimum Gasteiger partial charge on any atom is -0.341 e. The van der Waals surface area contributed by atoms with Gasteiger partial charge in [-0.05, 0) is 31.0 Å². The summed E-state index contributed by atoms with van der Waals surface area (Å²) in [5.41, 5.74) is 2.47. The summed E-state index contributed by atoms with van der Waals surface area (Å²) in [5, 5.41) is 7.70. The van der Waals surface area contributed by atoms with Crippen molar-refractivity contribution in [1.29, 1.82) is 0 Å². The number of hydrogen-bond acceptors (Lipinski definition) is 4. The van der Waals surface area contributed by atoms with Crippen LogP contribution in [0.2, 0.25) is 5.02 Å². The first-order valence-corrected chi connectivity index (χ1v) is 9.97. The molecule has 3 aromatic rings. The van der Waals surface area contributed by atoms with Crippen LogP contribution in [0.1, 0.15) is 22.3 Å². The van der Waals surface area contributed by atoms with Gasteiger partial charge < -0.3 is 4.90 Å². The van der Waals surface area contributed by atoms with Crippen molar-refractivity contribution in [3.05, 3.63) is 57.7 Å². The van der Waals surface area contributed by atoms with Crippen molar-refractivity contribution >= 4 is 34.9 Å². The zero-order chi connectivity index (χ0) is 21.3. The number of alkyl halides is 3. The molecule has 2 aromatic heterocycles. The first-order valence-electron chi connectivity index (χ1n) is 8.60. The molecule has 2 heterocycles. The highest BCUT2D eigenvalue weighted by Gasteiger charge is 2.32. The zero-order valence-corrected chi connectivity index (χ0v) is 17.5. The highest BCUT2D eigenvalue weighted by molar-refractivity contribution is 7.99. The predicted octanol–water partition coefficient (Wildman–Crippen LogP) is 4.77. The quantitative estimate of drug-likeness (QED) is 0.534. The summed E-state index contributed by atoms with van der Waals surface area (Å²) < 4.78 is 40.3. The fraction of sp³-hybridized carbons (Fsp3) is 0.316. The number of carbonyl (C=O) groups is 1. The third kappa shape index (κ3) is 4.84. The van der Waals surface area contributed by atoms with Crippen LogP contribution in [0.25, 0.3) is 5.65 Å². The monoisotopic (exact) mass is 442 g/mol. The molecule has 154 valence electrons. The molecule has 10 heteroatoms. The molecule has 0 radical (unpaired) electrons. The molecular formula is C19H18ClF3N4OS. The van der Waals surface area contributed by atoms with Gasteiger partial charge in [0.2, 0.25) is 5.91 Å². The van der Waals surface area contributed by atoms with Crippen LogP contribution in [0.3, 0.4) is 0 Å². The van der Waals surface area contributed by atoms with Gasteiger partial charge in [-0.15, -0.1) is 10.2 Å². The summed E-state index contributed by atoms with van der Waals surface area (Å²) in [6.45, 7) is 4.43. The zero-order valence-electron chi connectivity index (χ0n) is 15.9. The van der Waals surface area contributed by atoms with E-state index in [0.717, 1.165) is 45.1 Å². The number of halogens is 4. The number of thioether (sulfide) groups is 1. The van der Waals surface area contributed by atoms with Crippen molar-refractivity contribution in [2.45, 2.75) is 31.7 Å². The van der Waals surface area contributed by atoms with Gasteiger partial charge in [-0.3, -0.25) is 9.20 Å². The molecule has 0 saturated carbocycles. The van der Waals surface area contributed by atoms with E-state index >= 15 is 0 Å². The molecule has 29 heavy (non-hydrogen) atoms. The highest BCUT2D eigenvalue weighted by atomic mass is 35.5. The SMILES string of the molecule is Cc1ccc(CN(C)C(=O)CSc2nnc3c(Cl)cc(C(F)(F)F)cn23)c(C)c1. The van der Waals surface area contributed by atoms with E-state index in [1.165, 1.54) is 0 Å². The Morgan fingerprint density at radius 2 is 1.97 bits per heavy atom. The predicted molar refractivity (Wildman–Crippen MR) is 106 cm³/mol. The van der Waals surface area contributed by atoms with E-state index in [-0.39, 0.29) is 27.5 Å². The van der Waals surface area contributed by atoms with Crippen LogP contribution in [0.5, 0.6) is 0 Å². The van der Waals surface area contributed by atoms with E-state index in [2.05, 4.69) is 10.2 Å². The average molecular weight is 443 g/mol. The van der Waals surface area contributed by atoms with Gasteiger partial charge in [0.15, 0.2) is 10.8 Å². The summed E-state index contributed by atoms with van der Waals surface area (Å²) in [6.07, 6.45) is -3.67. The average Bonchev–Trinajstić information content (AvgIpc) is 3.05. The van der Waals surface area contributed by atoms with E-state index in [4.69, 9.17) is 11.6 Å². The molecule has 0 aliphatic carbocycles. The second-order valence-corrected chi connectivity index (χ2v) is 8.07. The summed E-state index contributed by atoms with van der Waals surface area (Å²) in [7, 11) is 1.68. The first-order chi connectivity index (χ1) is 13.6. The number of pyridine rings is 1. The van der Waals surface area contributed by atoms with Crippen LogP contribution in [0.4, 0.5) is 13.2 Å². The number of rotatable bonds is 5. The molecule has 0 N–H and O–H groups in total. The topological polar surface area (TPSA) is 50.5 Å². The second-order valence-electron chi connectivity index (χ2n) is 6.72. The van der Waals surface area contributed by atoms with E-state index < -0.39 is 11.7 Å². The van der Waals surface area contributed by atoms with Gasteiger partial charge >= 0.3 is 6.18 Å². The molecule has 1 aromatic carbocycles. The van der Waals surface area contributed by atoms with Gasteiger partial charge in [0.1, 0.15) is 0 Å². The van der Waals surface area contributed by atoms with Crippen molar-refractivity contribution in [2.24, 2.45) is 0 Å². The summed E-state index contributed by atoms with van der Waals surface area (Å²) >= 11 is 6.91. The van der Waals surface area contributed by atoms with E-state index in [1.54, 1.807) is 11.9 Å². The Kier molecular flexibility index (Phi) is 6.09. The van der Waals surface area contributed by atoms with Crippen LogP contribution in [0.15, 0.2) is 35.6 Å². The summed E-state index contributed by atoms with van der Waals surface area (Å²) in [5.74, 6) is -0.166. The molecule has 0 bridgehead atoms. The number of aromatic nitrogens is 3. The van der Waals surface area contributed by atoms with Crippen LogP contribution in [0, 0.1) is 13.8 Å². The Balaban J connectivity index is 1.72. The van der Waals surface area contributed by atoms with Gasteiger partial charge in [0.25, 0.3) is 0 Å². The lowest BCUT2D eigenvalue weighted by molar-refractivity contribution is -0.138. The Labute approximate surface area is 174 Å². The maximum Gasteiger partial charge on any atom is 0.417 e. The van der Waals surface area contributed by atoms with E-state index in [1.807, 2.05) is 32.0 Å². The first kappa shape index (κ1) is 21.4. The molecule has 1 amide bonds. The van der Waals surface area contributed by atoms with Crippen molar-refractivity contribution in [1.82, 2.24) is 19.5 Å². The number of hydrogen-bond donors (Lipinski definition) is 0. The maximum absolute atomic E-state index is 13.0. The molecule has 0 spiro atoms. The number of aryl methyl sites for hydroxylation is 2. The third-order valence-electron chi connectivity index (χ3n) is 4.41. The van der Waals surface area contributed by atoms with Crippen molar-refractivity contribution in [2.75, 3.05) is 12.8 Å². The van der Waals surface area contributed by atoms with Gasteiger partial charge in [-0.1, -0.05) is 47.1 Å². The van der Waals surface area contributed by atoms with E-state index in [0.29, 0.717) is 6.54 Å². The summed E-state index contributed by atoms with van der Waals surface area (Å²) in [6, 6.07) is 6.82. The lowest BCUT2D eigenvalue weighted by Crippen LogP contribution is -2.28. The number of nitrogens with zero attached hydrogens (tertiary/aromatic N) is 4. The fourth-order valence-corrected chi connectivity index (χ4v) is 3.89. The standard InChI is InChI=1S/C19H18ClF3N4OS/c1-11-4-5-13(12(2)6-11)8-26(3)16(28)10-29-18-25-24-17-15(20)7-14(9-27(17)18)19(21,22)23/h4-7,9H,8,10H2,1-3H3. The minimum absolute atomic E-state index is 0.00999. The normalized spacial score (nSPS) is 11.8. The fourth-order valence-electron chi connectivity index (χ4n) is 2.79. The van der Waals surface area contributed by atoms with Crippen LogP contribution in [-0.2, 0) is 17.5 Å². The van der Waals surface area contributed by atoms with Gasteiger partial charge in [-0.25, -0.2) is 0 Å². The Morgan fingerprint density at radius 3 is 2.62 bits per heavy atom. The number of amides is 1. The second kappa shape index (κ2) is 8.23.